The molecule has 0 saturated carbocycles. The normalized spacial score (nSPS) is 16.3. The fraction of sp³-hybridized carbons (Fsp3) is 0.318. The first-order valence-electron chi connectivity index (χ1n) is 9.50. The molecule has 0 aliphatic carbocycles. The number of rotatable bonds is 6. The smallest absolute Gasteiger partial charge is 0.289 e. The van der Waals surface area contributed by atoms with Crippen LogP contribution in [0.1, 0.15) is 33.8 Å². The molecule has 0 radical (unpaired) electrons. The predicted octanol–water partition coefficient (Wildman–Crippen LogP) is 6.44. The molecule has 0 unspecified atom stereocenters. The third-order valence-corrected chi connectivity index (χ3v) is 6.62. The Morgan fingerprint density at radius 3 is 2.83 bits per heavy atom. The van der Waals surface area contributed by atoms with Gasteiger partial charge in [-0.1, -0.05) is 23.2 Å². The zero-order valence-electron chi connectivity index (χ0n) is 16.0. The molecule has 3 heterocycles. The Balaban J connectivity index is 1.59. The van der Waals surface area contributed by atoms with Gasteiger partial charge in [0.05, 0.1) is 17.7 Å². The summed E-state index contributed by atoms with van der Waals surface area (Å²) in [5, 5.41) is 3.13. The lowest BCUT2D eigenvalue weighted by molar-refractivity contribution is 0.0486. The number of ether oxygens (including phenoxy) is 1. The number of thiophene rings is 1. The summed E-state index contributed by atoms with van der Waals surface area (Å²) < 4.78 is 11.7. The molecule has 2 aromatic heterocycles. The number of hydrogen-bond acceptors (Lipinski definition) is 4. The number of aryl methyl sites for hydroxylation is 1. The van der Waals surface area contributed by atoms with Gasteiger partial charge in [-0.3, -0.25) is 4.79 Å². The molecule has 0 bridgehead atoms. The van der Waals surface area contributed by atoms with Crippen molar-refractivity contribution in [2.75, 3.05) is 13.2 Å². The van der Waals surface area contributed by atoms with Crippen LogP contribution in [0.3, 0.4) is 0 Å². The van der Waals surface area contributed by atoms with Gasteiger partial charge in [0, 0.05) is 28.6 Å². The second-order valence-electron chi connectivity index (χ2n) is 7.14. The minimum atomic E-state index is -0.155. The second kappa shape index (κ2) is 8.92. The Kier molecular flexibility index (Phi) is 6.30. The van der Waals surface area contributed by atoms with Gasteiger partial charge in [0.2, 0.25) is 0 Å². The van der Waals surface area contributed by atoms with Gasteiger partial charge in [-0.25, -0.2) is 0 Å². The molecule has 1 aromatic carbocycles. The Labute approximate surface area is 184 Å². The van der Waals surface area contributed by atoms with E-state index in [4.69, 9.17) is 32.4 Å². The van der Waals surface area contributed by atoms with Gasteiger partial charge in [0.15, 0.2) is 5.76 Å². The van der Waals surface area contributed by atoms with Crippen molar-refractivity contribution >= 4 is 40.4 Å². The van der Waals surface area contributed by atoms with Crippen molar-refractivity contribution in [3.63, 3.8) is 0 Å². The average Bonchev–Trinajstić information content (AvgIpc) is 3.46. The summed E-state index contributed by atoms with van der Waals surface area (Å²) in [6.07, 6.45) is 2.06. The van der Waals surface area contributed by atoms with Gasteiger partial charge in [0.1, 0.15) is 5.76 Å². The van der Waals surface area contributed by atoms with Crippen LogP contribution in [0, 0.1) is 6.92 Å². The van der Waals surface area contributed by atoms with Gasteiger partial charge in [0.25, 0.3) is 5.91 Å². The van der Waals surface area contributed by atoms with Crippen LogP contribution in [0.15, 0.2) is 46.2 Å². The number of furan rings is 1. The van der Waals surface area contributed by atoms with Crippen LogP contribution in [-0.4, -0.2) is 30.1 Å². The number of carbonyl (C=O) groups excluding carboxylic acids is 1. The molecule has 152 valence electrons. The van der Waals surface area contributed by atoms with E-state index in [1.54, 1.807) is 41.7 Å². The molecule has 0 spiro atoms. The van der Waals surface area contributed by atoms with E-state index in [0.29, 0.717) is 34.5 Å². The molecule has 1 amide bonds. The van der Waals surface area contributed by atoms with E-state index in [1.165, 1.54) is 10.4 Å². The van der Waals surface area contributed by atoms with Crippen LogP contribution in [0.2, 0.25) is 10.0 Å². The van der Waals surface area contributed by atoms with E-state index >= 15 is 0 Å². The molecular weight excluding hydrogens is 429 g/mol. The summed E-state index contributed by atoms with van der Waals surface area (Å²) in [6, 6.07) is 10.7. The molecule has 1 aliphatic rings. The molecule has 1 saturated heterocycles. The topological polar surface area (TPSA) is 42.7 Å². The SMILES string of the molecule is Cc1ccsc1CN(C[C@H]1CCCO1)C(=O)c1ccc(-c2cc(Cl)ccc2Cl)o1. The zero-order chi connectivity index (χ0) is 20.4. The largest absolute Gasteiger partial charge is 0.451 e. The number of nitrogens with zero attached hydrogens (tertiary/aromatic N) is 1. The molecule has 1 aliphatic heterocycles. The molecule has 0 N–H and O–H groups in total. The lowest BCUT2D eigenvalue weighted by Gasteiger charge is -2.24. The highest BCUT2D eigenvalue weighted by atomic mass is 35.5. The Hall–Kier alpha value is -1.79. The van der Waals surface area contributed by atoms with Crippen LogP contribution in [0.25, 0.3) is 11.3 Å². The molecule has 1 atom stereocenters. The maximum Gasteiger partial charge on any atom is 0.289 e. The first-order valence-corrected chi connectivity index (χ1v) is 11.1. The highest BCUT2D eigenvalue weighted by Crippen LogP contribution is 2.32. The van der Waals surface area contributed by atoms with Crippen molar-refractivity contribution in [2.24, 2.45) is 0 Å². The number of carbonyl (C=O) groups is 1. The van der Waals surface area contributed by atoms with E-state index in [2.05, 4.69) is 13.0 Å². The summed E-state index contributed by atoms with van der Waals surface area (Å²) >= 11 is 14.0. The maximum atomic E-state index is 13.3. The van der Waals surface area contributed by atoms with Gasteiger partial charge in [-0.05, 0) is 67.1 Å². The summed E-state index contributed by atoms with van der Waals surface area (Å²) in [7, 11) is 0. The monoisotopic (exact) mass is 449 g/mol. The van der Waals surface area contributed by atoms with Crippen molar-refractivity contribution in [1.82, 2.24) is 4.90 Å². The van der Waals surface area contributed by atoms with Crippen LogP contribution >= 0.6 is 34.5 Å². The van der Waals surface area contributed by atoms with Crippen LogP contribution in [-0.2, 0) is 11.3 Å². The summed E-state index contributed by atoms with van der Waals surface area (Å²) in [5.74, 6) is 0.645. The van der Waals surface area contributed by atoms with Crippen LogP contribution < -0.4 is 0 Å². The number of hydrogen-bond donors (Lipinski definition) is 0. The van der Waals surface area contributed by atoms with E-state index in [-0.39, 0.29) is 17.8 Å². The summed E-state index contributed by atoms with van der Waals surface area (Å²) in [5.41, 5.74) is 1.85. The second-order valence-corrected chi connectivity index (χ2v) is 8.98. The number of halogens is 2. The summed E-state index contributed by atoms with van der Waals surface area (Å²) in [6.45, 7) is 3.90. The molecule has 4 nitrogen and oxygen atoms in total. The average molecular weight is 450 g/mol. The molecule has 4 rings (SSSR count). The highest BCUT2D eigenvalue weighted by molar-refractivity contribution is 7.10. The zero-order valence-corrected chi connectivity index (χ0v) is 18.3. The number of benzene rings is 1. The van der Waals surface area contributed by atoms with Crippen molar-refractivity contribution in [2.45, 2.75) is 32.4 Å². The van der Waals surface area contributed by atoms with Gasteiger partial charge < -0.3 is 14.1 Å². The predicted molar refractivity (Wildman–Crippen MR) is 117 cm³/mol. The highest BCUT2D eigenvalue weighted by Gasteiger charge is 2.26. The van der Waals surface area contributed by atoms with Gasteiger partial charge in [-0.2, -0.15) is 0 Å². The van der Waals surface area contributed by atoms with E-state index in [0.717, 1.165) is 19.4 Å². The van der Waals surface area contributed by atoms with Gasteiger partial charge in [-0.15, -0.1) is 11.3 Å². The third kappa shape index (κ3) is 4.69. The first kappa shape index (κ1) is 20.5. The van der Waals surface area contributed by atoms with Crippen molar-refractivity contribution < 1.29 is 13.9 Å². The number of amides is 1. The minimum absolute atomic E-state index is 0.0658. The van der Waals surface area contributed by atoms with E-state index < -0.39 is 0 Å². The minimum Gasteiger partial charge on any atom is -0.451 e. The molecular formula is C22H21Cl2NO3S. The Bertz CT molecular complexity index is 1010. The fourth-order valence-corrected chi connectivity index (χ4v) is 4.74. The Morgan fingerprint density at radius 1 is 1.24 bits per heavy atom. The third-order valence-electron chi connectivity index (χ3n) is 5.05. The van der Waals surface area contributed by atoms with E-state index in [1.807, 2.05) is 10.3 Å². The van der Waals surface area contributed by atoms with Crippen molar-refractivity contribution in [1.29, 1.82) is 0 Å². The quantitative estimate of drug-likeness (QED) is 0.434. The first-order chi connectivity index (χ1) is 14.0. The molecule has 7 heteroatoms. The summed E-state index contributed by atoms with van der Waals surface area (Å²) in [4.78, 5) is 16.3. The Morgan fingerprint density at radius 2 is 2.10 bits per heavy atom. The fourth-order valence-electron chi connectivity index (χ4n) is 3.43. The van der Waals surface area contributed by atoms with Crippen molar-refractivity contribution in [3.05, 3.63) is 68.0 Å². The standard InChI is InChI=1S/C22H21Cl2NO3S/c1-14-8-10-29-21(14)13-25(12-16-3-2-9-27-16)22(26)20-7-6-19(28-20)17-11-15(23)4-5-18(17)24/h4-8,10-11,16H,2-3,9,12-13H2,1H3/t16-/m1/s1. The maximum absolute atomic E-state index is 13.3. The van der Waals surface area contributed by atoms with Gasteiger partial charge >= 0.3 is 0 Å². The molecule has 3 aromatic rings. The van der Waals surface area contributed by atoms with E-state index in [9.17, 15) is 4.79 Å². The molecule has 29 heavy (non-hydrogen) atoms. The van der Waals surface area contributed by atoms with Crippen molar-refractivity contribution in [3.8, 4) is 11.3 Å². The van der Waals surface area contributed by atoms with Crippen LogP contribution in [0.5, 0.6) is 0 Å². The molecule has 1 fully saturated rings. The lowest BCUT2D eigenvalue weighted by Crippen LogP contribution is -2.36. The van der Waals surface area contributed by atoms with Crippen LogP contribution in [0.4, 0.5) is 0 Å². The lowest BCUT2D eigenvalue weighted by atomic mass is 10.2.